The van der Waals surface area contributed by atoms with E-state index in [0.717, 1.165) is 81.4 Å². The van der Waals surface area contributed by atoms with E-state index in [0.29, 0.717) is 42.1 Å². The molecule has 3 aliphatic heterocycles. The normalized spacial score (nSPS) is 18.3. The number of nitrogens with one attached hydrogen (secondary N) is 2. The molecule has 0 aliphatic carbocycles. The molecule has 1 aromatic carbocycles. The SMILES string of the molecule is CCCS(=O)(=O)Nc1cccc(-c2cn(-c3ccc(N4CCN(CC5CCN(c6ccc([C@@H]7CCC(=O)NC7=O)cn6)CC5)CC4)nc3)nc2-c2ccncc2)c1F. The van der Waals surface area contributed by atoms with Gasteiger partial charge in [0.2, 0.25) is 21.8 Å². The summed E-state index contributed by atoms with van der Waals surface area (Å²) < 4.78 is 45.0. The highest BCUT2D eigenvalue weighted by Gasteiger charge is 2.29. The van der Waals surface area contributed by atoms with Crippen molar-refractivity contribution in [3.63, 3.8) is 0 Å². The van der Waals surface area contributed by atoms with E-state index in [4.69, 9.17) is 10.1 Å². The van der Waals surface area contributed by atoms with Crippen LogP contribution in [0.25, 0.3) is 28.1 Å². The Morgan fingerprint density at radius 3 is 2.24 bits per heavy atom. The number of aromatic nitrogens is 5. The maximum absolute atomic E-state index is 16.0. The number of carbonyl (C=O) groups is 2. The van der Waals surface area contributed by atoms with E-state index in [-0.39, 0.29) is 34.7 Å². The van der Waals surface area contributed by atoms with Gasteiger partial charge in [-0.3, -0.25) is 29.5 Å². The fraction of sp³-hybridized carbons (Fsp3) is 0.381. The van der Waals surface area contributed by atoms with Crippen molar-refractivity contribution in [1.29, 1.82) is 0 Å². The Morgan fingerprint density at radius 1 is 0.845 bits per heavy atom. The van der Waals surface area contributed by atoms with E-state index in [1.807, 2.05) is 24.3 Å². The van der Waals surface area contributed by atoms with E-state index in [2.05, 4.69) is 34.7 Å². The van der Waals surface area contributed by atoms with Gasteiger partial charge in [0.15, 0.2) is 5.82 Å². The van der Waals surface area contributed by atoms with Crippen LogP contribution in [0.4, 0.5) is 21.7 Å². The molecule has 58 heavy (non-hydrogen) atoms. The van der Waals surface area contributed by atoms with Gasteiger partial charge in [-0.05, 0) is 73.6 Å². The van der Waals surface area contributed by atoms with Gasteiger partial charge in [-0.15, -0.1) is 0 Å². The van der Waals surface area contributed by atoms with Gasteiger partial charge >= 0.3 is 0 Å². The molecule has 7 heterocycles. The minimum atomic E-state index is -3.70. The monoisotopic (exact) mass is 806 g/mol. The van der Waals surface area contributed by atoms with Crippen LogP contribution in [0.5, 0.6) is 0 Å². The van der Waals surface area contributed by atoms with Gasteiger partial charge in [0.1, 0.15) is 17.3 Å². The van der Waals surface area contributed by atoms with Crippen molar-refractivity contribution in [2.75, 3.05) is 66.1 Å². The van der Waals surface area contributed by atoms with E-state index in [1.54, 1.807) is 66.9 Å². The van der Waals surface area contributed by atoms with E-state index >= 15 is 4.39 Å². The number of carbonyl (C=O) groups excluding carboxylic acids is 2. The van der Waals surface area contributed by atoms with Gasteiger partial charge in [0.25, 0.3) is 0 Å². The summed E-state index contributed by atoms with van der Waals surface area (Å²) in [4.78, 5) is 44.6. The van der Waals surface area contributed by atoms with Crippen molar-refractivity contribution in [3.8, 4) is 28.1 Å². The summed E-state index contributed by atoms with van der Waals surface area (Å²) in [6.45, 7) is 8.32. The lowest BCUT2D eigenvalue weighted by Crippen LogP contribution is -2.49. The molecule has 1 atom stereocenters. The molecule has 8 rings (SSSR count). The summed E-state index contributed by atoms with van der Waals surface area (Å²) in [6, 6.07) is 16.2. The lowest BCUT2D eigenvalue weighted by Gasteiger charge is -2.39. The van der Waals surface area contributed by atoms with Gasteiger partial charge in [-0.2, -0.15) is 5.10 Å². The number of benzene rings is 1. The first kappa shape index (κ1) is 39.1. The zero-order valence-electron chi connectivity index (χ0n) is 32.4. The zero-order valence-corrected chi connectivity index (χ0v) is 33.2. The molecule has 3 saturated heterocycles. The Balaban J connectivity index is 0.873. The summed E-state index contributed by atoms with van der Waals surface area (Å²) in [5.74, 6) is 0.865. The lowest BCUT2D eigenvalue weighted by molar-refractivity contribution is -0.134. The number of piperazine rings is 1. The number of pyridine rings is 3. The highest BCUT2D eigenvalue weighted by Crippen LogP contribution is 2.36. The molecule has 302 valence electrons. The van der Waals surface area contributed by atoms with Crippen molar-refractivity contribution < 1.29 is 22.4 Å². The summed E-state index contributed by atoms with van der Waals surface area (Å²) in [5.41, 5.74) is 3.44. The molecule has 16 heteroatoms. The Morgan fingerprint density at radius 2 is 1.57 bits per heavy atom. The van der Waals surface area contributed by atoms with Gasteiger partial charge in [-0.1, -0.05) is 25.1 Å². The molecular weight excluding hydrogens is 760 g/mol. The molecule has 5 aromatic rings. The van der Waals surface area contributed by atoms with Gasteiger partial charge in [0, 0.05) is 93.7 Å². The number of imide groups is 1. The van der Waals surface area contributed by atoms with Crippen molar-refractivity contribution in [1.82, 2.24) is 34.9 Å². The van der Waals surface area contributed by atoms with E-state index < -0.39 is 15.8 Å². The average Bonchev–Trinajstić information content (AvgIpc) is 3.68. The van der Waals surface area contributed by atoms with Crippen LogP contribution in [0, 0.1) is 11.7 Å². The van der Waals surface area contributed by atoms with Gasteiger partial charge < -0.3 is 9.80 Å². The highest BCUT2D eigenvalue weighted by atomic mass is 32.2. The smallest absolute Gasteiger partial charge is 0.234 e. The standard InChI is InChI=1S/C42H47FN10O4S/c1-2-24-58(56,57)49-36-5-3-4-34(40(36)43)35-28-53(48-41(35)30-12-16-44-17-13-30)32-7-10-38(46-26-32)52-22-20-50(21-23-52)27-29-14-18-51(19-15-29)37-9-6-31(25-45-37)33-8-11-39(54)47-42(33)55/h3-7,9-10,12-13,16-17,25-26,28-29,33,49H,2,8,11,14-15,18-24,27H2,1H3,(H,47,54,55)/t33-/m0/s1. The number of anilines is 3. The molecule has 0 spiro atoms. The number of hydrogen-bond acceptors (Lipinski definition) is 11. The maximum atomic E-state index is 16.0. The summed E-state index contributed by atoms with van der Waals surface area (Å²) in [7, 11) is -3.70. The number of rotatable bonds is 12. The fourth-order valence-corrected chi connectivity index (χ4v) is 9.24. The topological polar surface area (TPSA) is 159 Å². The molecule has 0 unspecified atom stereocenters. The maximum Gasteiger partial charge on any atom is 0.234 e. The van der Waals surface area contributed by atoms with E-state index in [9.17, 15) is 18.0 Å². The number of nitrogens with zero attached hydrogens (tertiary/aromatic N) is 8. The third-order valence-electron chi connectivity index (χ3n) is 11.3. The van der Waals surface area contributed by atoms with Crippen molar-refractivity contribution >= 4 is 39.2 Å². The number of piperidine rings is 2. The van der Waals surface area contributed by atoms with Crippen LogP contribution in [0.2, 0.25) is 0 Å². The quantitative estimate of drug-likeness (QED) is 0.159. The largest absolute Gasteiger partial charge is 0.357 e. The Bertz CT molecular complexity index is 2340. The Labute approximate surface area is 337 Å². The summed E-state index contributed by atoms with van der Waals surface area (Å²) >= 11 is 0. The van der Waals surface area contributed by atoms with Crippen LogP contribution in [-0.2, 0) is 19.6 Å². The molecule has 14 nitrogen and oxygen atoms in total. The minimum absolute atomic E-state index is 0.108. The van der Waals surface area contributed by atoms with Crippen LogP contribution >= 0.6 is 0 Å². The van der Waals surface area contributed by atoms with Gasteiger partial charge in [0.05, 0.1) is 29.2 Å². The first-order valence-electron chi connectivity index (χ1n) is 19.9. The molecule has 2 amide bonds. The second-order valence-electron chi connectivity index (χ2n) is 15.2. The van der Waals surface area contributed by atoms with Crippen LogP contribution in [0.3, 0.4) is 0 Å². The number of amides is 2. The van der Waals surface area contributed by atoms with Crippen molar-refractivity contribution in [2.45, 2.75) is 44.9 Å². The average molecular weight is 807 g/mol. The molecule has 3 aliphatic rings. The van der Waals surface area contributed by atoms with Gasteiger partial charge in [-0.25, -0.2) is 27.5 Å². The number of sulfonamides is 1. The summed E-state index contributed by atoms with van der Waals surface area (Å²) in [6.07, 6.45) is 12.1. The third-order valence-corrected chi connectivity index (χ3v) is 12.7. The first-order chi connectivity index (χ1) is 28.1. The second kappa shape index (κ2) is 17.0. The molecule has 0 bridgehead atoms. The minimum Gasteiger partial charge on any atom is -0.357 e. The van der Waals surface area contributed by atoms with Crippen LogP contribution in [-0.4, -0.2) is 101 Å². The molecule has 3 fully saturated rings. The number of hydrogen-bond donors (Lipinski definition) is 2. The molecular formula is C42H47FN10O4S. The fourth-order valence-electron chi connectivity index (χ4n) is 8.10. The summed E-state index contributed by atoms with van der Waals surface area (Å²) in [5, 5.41) is 7.28. The van der Waals surface area contributed by atoms with Crippen molar-refractivity contribution in [3.05, 3.63) is 97.0 Å². The lowest BCUT2D eigenvalue weighted by atomic mass is 9.91. The molecule has 4 aromatic heterocycles. The molecule has 0 radical (unpaired) electrons. The van der Waals surface area contributed by atoms with Crippen molar-refractivity contribution in [2.24, 2.45) is 5.92 Å². The molecule has 0 saturated carbocycles. The second-order valence-corrected chi connectivity index (χ2v) is 17.0. The van der Waals surface area contributed by atoms with Crippen LogP contribution in [0.15, 0.2) is 85.6 Å². The zero-order chi connectivity index (χ0) is 40.2. The Kier molecular flexibility index (Phi) is 11.5. The van der Waals surface area contributed by atoms with Crippen LogP contribution < -0.4 is 19.8 Å². The molecule has 2 N–H and O–H groups in total. The first-order valence-corrected chi connectivity index (χ1v) is 21.6. The Hall–Kier alpha value is -5.74. The number of halogens is 1. The van der Waals surface area contributed by atoms with Crippen LogP contribution in [0.1, 0.15) is 50.5 Å². The third kappa shape index (κ3) is 8.72. The predicted octanol–water partition coefficient (Wildman–Crippen LogP) is 5.24. The van der Waals surface area contributed by atoms with E-state index in [1.165, 1.54) is 6.07 Å². The highest BCUT2D eigenvalue weighted by molar-refractivity contribution is 7.92. The predicted molar refractivity (Wildman–Crippen MR) is 221 cm³/mol.